The zero-order valence-corrected chi connectivity index (χ0v) is 17.0. The van der Waals surface area contributed by atoms with Crippen LogP contribution in [-0.2, 0) is 27.2 Å². The summed E-state index contributed by atoms with van der Waals surface area (Å²) in [5, 5.41) is 0. The summed E-state index contributed by atoms with van der Waals surface area (Å²) in [5.41, 5.74) is 0.386. The van der Waals surface area contributed by atoms with E-state index in [0.29, 0.717) is 35.6 Å². The van der Waals surface area contributed by atoms with Crippen LogP contribution in [0.2, 0.25) is 0 Å². The van der Waals surface area contributed by atoms with Gasteiger partial charge >= 0.3 is 0 Å². The smallest absolute Gasteiger partial charge is 0.231 e. The molecule has 6 rings (SSSR count). The van der Waals surface area contributed by atoms with Gasteiger partial charge in [0.15, 0.2) is 28.8 Å². The summed E-state index contributed by atoms with van der Waals surface area (Å²) in [6, 6.07) is 7.27. The molecule has 7 nitrogen and oxygen atoms in total. The molecule has 2 aliphatic heterocycles. The van der Waals surface area contributed by atoms with Crippen LogP contribution in [-0.4, -0.2) is 31.9 Å². The molecule has 0 N–H and O–H groups in total. The average molecular weight is 430 g/mol. The molecule has 32 heavy (non-hydrogen) atoms. The Balaban J connectivity index is 1.38. The predicted octanol–water partition coefficient (Wildman–Crippen LogP) is 2.92. The topological polar surface area (TPSA) is 88.1 Å². The van der Waals surface area contributed by atoms with Crippen LogP contribution in [0, 0.1) is 10.8 Å². The van der Waals surface area contributed by atoms with E-state index in [1.807, 2.05) is 12.1 Å². The van der Waals surface area contributed by atoms with Gasteiger partial charge in [-0.3, -0.25) is 4.79 Å². The minimum absolute atomic E-state index is 0.136. The van der Waals surface area contributed by atoms with Gasteiger partial charge in [-0.2, -0.15) is 0 Å². The molecule has 2 unspecified atom stereocenters. The van der Waals surface area contributed by atoms with E-state index in [0.717, 1.165) is 22.3 Å². The fraction of sp³-hybridized carbons (Fsp3) is 0.240. The first kappa shape index (κ1) is 18.9. The van der Waals surface area contributed by atoms with Crippen molar-refractivity contribution in [2.75, 3.05) is 13.6 Å². The first-order valence-corrected chi connectivity index (χ1v) is 10.3. The zero-order chi connectivity index (χ0) is 21.9. The van der Waals surface area contributed by atoms with Gasteiger partial charge in [-0.1, -0.05) is 24.3 Å². The highest BCUT2D eigenvalue weighted by Crippen LogP contribution is 2.46. The molecule has 7 heteroatoms. The summed E-state index contributed by atoms with van der Waals surface area (Å²) in [6.45, 7) is 0.271. The van der Waals surface area contributed by atoms with E-state index in [2.05, 4.69) is 0 Å². The van der Waals surface area contributed by atoms with Crippen LogP contribution in [0.15, 0.2) is 36.4 Å². The van der Waals surface area contributed by atoms with Gasteiger partial charge in [0.2, 0.25) is 13.6 Å². The number of carbonyl (C=O) groups excluding carboxylic acids is 3. The fourth-order valence-electron chi connectivity index (χ4n) is 4.86. The number of hydrogen-bond donors (Lipinski definition) is 0. The van der Waals surface area contributed by atoms with E-state index in [1.54, 1.807) is 36.4 Å². The number of carbonyl (C=O) groups is 3. The summed E-state index contributed by atoms with van der Waals surface area (Å²) < 4.78 is 21.7. The average Bonchev–Trinajstić information content (AvgIpc) is 3.48. The second-order valence-corrected chi connectivity index (χ2v) is 8.47. The molecule has 0 bridgehead atoms. The van der Waals surface area contributed by atoms with E-state index in [4.69, 9.17) is 18.9 Å². The first-order chi connectivity index (χ1) is 15.6. The number of benzene rings is 2. The molecular weight excluding hydrogens is 412 g/mol. The first-order valence-electron chi connectivity index (χ1n) is 10.3. The van der Waals surface area contributed by atoms with Crippen molar-refractivity contribution in [2.24, 2.45) is 10.8 Å². The lowest BCUT2D eigenvalue weighted by molar-refractivity contribution is -0.140. The number of Topliss-reactive ketones (excluding diaryl/α,β-unsaturated/α-hetero) is 1. The molecule has 160 valence electrons. The van der Waals surface area contributed by atoms with Crippen LogP contribution in [0.5, 0.6) is 23.0 Å². The molecule has 0 saturated carbocycles. The Morgan fingerprint density at radius 3 is 1.50 bits per heavy atom. The van der Waals surface area contributed by atoms with Gasteiger partial charge in [0.1, 0.15) is 23.4 Å². The number of hydrogen-bond acceptors (Lipinski definition) is 7. The van der Waals surface area contributed by atoms with Crippen LogP contribution in [0.3, 0.4) is 0 Å². The van der Waals surface area contributed by atoms with Gasteiger partial charge < -0.3 is 28.5 Å². The lowest BCUT2D eigenvalue weighted by Crippen LogP contribution is -2.47. The number of ketones is 1. The van der Waals surface area contributed by atoms with E-state index >= 15 is 0 Å². The summed E-state index contributed by atoms with van der Waals surface area (Å²) in [7, 11) is 0. The van der Waals surface area contributed by atoms with Gasteiger partial charge in [-0.15, -0.1) is 0 Å². The summed E-state index contributed by atoms with van der Waals surface area (Å²) in [6.07, 6.45) is 8.27. The van der Waals surface area contributed by atoms with Crippen LogP contribution in [0.4, 0.5) is 0 Å². The highest BCUT2D eigenvalue weighted by molar-refractivity contribution is 6.13. The van der Waals surface area contributed by atoms with Crippen LogP contribution >= 0.6 is 0 Å². The maximum atomic E-state index is 13.9. The second kappa shape index (κ2) is 6.56. The van der Waals surface area contributed by atoms with Crippen LogP contribution < -0.4 is 18.9 Å². The van der Waals surface area contributed by atoms with Gasteiger partial charge in [-0.25, -0.2) is 0 Å². The molecule has 2 aromatic carbocycles. The van der Waals surface area contributed by atoms with Crippen LogP contribution in [0.25, 0.3) is 12.2 Å². The van der Waals surface area contributed by atoms with E-state index < -0.39 is 16.6 Å². The molecule has 0 aromatic heterocycles. The summed E-state index contributed by atoms with van der Waals surface area (Å²) in [5.74, 6) is 1.98. The maximum absolute atomic E-state index is 13.9. The van der Waals surface area contributed by atoms with Gasteiger partial charge in [0.05, 0.1) is 0 Å². The lowest BCUT2D eigenvalue weighted by atomic mass is 9.62. The van der Waals surface area contributed by atoms with Crippen molar-refractivity contribution in [3.8, 4) is 23.0 Å². The Hall–Kier alpha value is -3.87. The molecule has 2 heterocycles. The van der Waals surface area contributed by atoms with Crippen molar-refractivity contribution in [1.29, 1.82) is 0 Å². The number of fused-ring (bicyclic) bond motifs is 4. The Morgan fingerprint density at radius 2 is 1.09 bits per heavy atom. The Bertz CT molecular complexity index is 1160. The van der Waals surface area contributed by atoms with Gasteiger partial charge in [0.25, 0.3) is 0 Å². The van der Waals surface area contributed by atoms with Crippen molar-refractivity contribution in [3.05, 3.63) is 58.7 Å². The molecule has 0 amide bonds. The highest BCUT2D eigenvalue weighted by Gasteiger charge is 2.50. The normalized spacial score (nSPS) is 25.8. The van der Waals surface area contributed by atoms with Crippen molar-refractivity contribution in [1.82, 2.24) is 0 Å². The molecule has 2 atom stereocenters. The summed E-state index contributed by atoms with van der Waals surface area (Å²) >= 11 is 0. The molecule has 0 spiro atoms. The Morgan fingerprint density at radius 1 is 0.688 bits per heavy atom. The lowest BCUT2D eigenvalue weighted by Gasteiger charge is -2.36. The molecule has 4 aliphatic rings. The van der Waals surface area contributed by atoms with Gasteiger partial charge in [0, 0.05) is 0 Å². The zero-order valence-electron chi connectivity index (χ0n) is 17.0. The standard InChI is InChI=1S/C25H18O7/c26-11-24(3-1-15-5-19-21(31-13-29-19)7-17(15)9-24)23(28)25(12-27)4-2-16-6-20-22(32-14-30-20)8-18(16)10-25/h1-8,11-12H,9-10,13-14H2. The monoisotopic (exact) mass is 430 g/mol. The highest BCUT2D eigenvalue weighted by atomic mass is 16.7. The third kappa shape index (κ3) is 2.57. The largest absolute Gasteiger partial charge is 0.454 e. The minimum atomic E-state index is -1.46. The maximum Gasteiger partial charge on any atom is 0.231 e. The Labute approximate surface area is 183 Å². The van der Waals surface area contributed by atoms with Gasteiger partial charge in [-0.05, 0) is 59.4 Å². The van der Waals surface area contributed by atoms with E-state index in [-0.39, 0.29) is 26.4 Å². The van der Waals surface area contributed by atoms with Crippen LogP contribution in [0.1, 0.15) is 22.3 Å². The minimum Gasteiger partial charge on any atom is -0.454 e. The quantitative estimate of drug-likeness (QED) is 0.544. The molecule has 0 radical (unpaired) electrons. The number of ether oxygens (including phenoxy) is 4. The third-order valence-corrected chi connectivity index (χ3v) is 6.62. The molecule has 2 aromatic rings. The molecule has 0 fully saturated rings. The summed E-state index contributed by atoms with van der Waals surface area (Å²) in [4.78, 5) is 38.6. The molecular formula is C25H18O7. The fourth-order valence-corrected chi connectivity index (χ4v) is 4.86. The van der Waals surface area contributed by atoms with Crippen molar-refractivity contribution in [3.63, 3.8) is 0 Å². The Kier molecular flexibility index (Phi) is 3.87. The van der Waals surface area contributed by atoms with Crippen molar-refractivity contribution >= 4 is 30.5 Å². The van der Waals surface area contributed by atoms with E-state index in [1.165, 1.54) is 0 Å². The SMILES string of the molecule is O=CC1(C(=O)C2(C=O)C=Cc3cc4c(cc3C2)OCO4)C=Cc2cc3c(cc2C1)OCO3. The molecule has 2 aliphatic carbocycles. The molecule has 0 saturated heterocycles. The van der Waals surface area contributed by atoms with E-state index in [9.17, 15) is 14.4 Å². The predicted molar refractivity (Wildman–Crippen MR) is 113 cm³/mol. The second-order valence-electron chi connectivity index (χ2n) is 8.47. The van der Waals surface area contributed by atoms with Crippen molar-refractivity contribution in [2.45, 2.75) is 12.8 Å². The third-order valence-electron chi connectivity index (χ3n) is 6.62. The number of aldehydes is 2. The number of allylic oxidation sites excluding steroid dienone is 2. The van der Waals surface area contributed by atoms with Crippen molar-refractivity contribution < 1.29 is 33.3 Å². The number of rotatable bonds is 4.